The molecular formula is C14H16ClNO4. The van der Waals surface area contributed by atoms with Gasteiger partial charge in [0, 0.05) is 12.1 Å². The van der Waals surface area contributed by atoms with Crippen LogP contribution in [0.2, 0.25) is 5.02 Å². The largest absolute Gasteiger partial charge is 0.459 e. The molecule has 1 aromatic rings. The lowest BCUT2D eigenvalue weighted by molar-refractivity contribution is -0.384. The Kier molecular flexibility index (Phi) is 4.60. The van der Waals surface area contributed by atoms with Crippen LogP contribution in [0.3, 0.4) is 0 Å². The summed E-state index contributed by atoms with van der Waals surface area (Å²) < 4.78 is 5.40. The predicted octanol–water partition coefficient (Wildman–Crippen LogP) is 3.98. The van der Waals surface area contributed by atoms with E-state index in [4.69, 9.17) is 16.3 Å². The summed E-state index contributed by atoms with van der Waals surface area (Å²) in [5, 5.41) is 10.9. The Morgan fingerprint density at radius 1 is 1.35 bits per heavy atom. The first-order chi connectivity index (χ1) is 9.47. The topological polar surface area (TPSA) is 69.4 Å². The number of carbonyl (C=O) groups excluding carboxylic acids is 1. The smallest absolute Gasteiger partial charge is 0.340 e. The van der Waals surface area contributed by atoms with Crippen LogP contribution in [0.1, 0.15) is 43.0 Å². The van der Waals surface area contributed by atoms with Gasteiger partial charge in [0.1, 0.15) is 6.10 Å². The molecule has 1 aliphatic rings. The lowest BCUT2D eigenvalue weighted by atomic mass is 9.89. The number of ether oxygens (including phenoxy) is 1. The number of nitro groups is 1. The molecule has 0 unspecified atom stereocenters. The molecule has 1 fully saturated rings. The molecule has 20 heavy (non-hydrogen) atoms. The number of carbonyl (C=O) groups is 1. The van der Waals surface area contributed by atoms with Crippen LogP contribution >= 0.6 is 11.6 Å². The third-order valence-corrected chi connectivity index (χ3v) is 3.95. The lowest BCUT2D eigenvalue weighted by Gasteiger charge is -2.26. The normalized spacial score (nSPS) is 22.3. The van der Waals surface area contributed by atoms with Crippen molar-refractivity contribution in [3.8, 4) is 0 Å². The van der Waals surface area contributed by atoms with Gasteiger partial charge in [-0.15, -0.1) is 0 Å². The summed E-state index contributed by atoms with van der Waals surface area (Å²) in [6.45, 7) is 2.18. The summed E-state index contributed by atoms with van der Waals surface area (Å²) in [5.41, 5.74) is -0.113. The fourth-order valence-electron chi connectivity index (χ4n) is 2.35. The van der Waals surface area contributed by atoms with E-state index in [-0.39, 0.29) is 22.4 Å². The molecule has 6 heteroatoms. The van der Waals surface area contributed by atoms with Crippen LogP contribution in [0.5, 0.6) is 0 Å². The highest BCUT2D eigenvalue weighted by atomic mass is 35.5. The monoisotopic (exact) mass is 297 g/mol. The van der Waals surface area contributed by atoms with Crippen molar-refractivity contribution in [2.75, 3.05) is 0 Å². The van der Waals surface area contributed by atoms with Gasteiger partial charge < -0.3 is 4.74 Å². The minimum absolute atomic E-state index is 0.0551. The first-order valence-corrected chi connectivity index (χ1v) is 7.00. The zero-order chi connectivity index (χ0) is 14.7. The van der Waals surface area contributed by atoms with Crippen molar-refractivity contribution < 1.29 is 14.5 Å². The lowest BCUT2D eigenvalue weighted by Crippen LogP contribution is -2.23. The highest BCUT2D eigenvalue weighted by molar-refractivity contribution is 6.33. The van der Waals surface area contributed by atoms with Gasteiger partial charge in [-0.1, -0.05) is 18.5 Å². The average molecular weight is 298 g/mol. The van der Waals surface area contributed by atoms with E-state index in [2.05, 4.69) is 6.92 Å². The van der Waals surface area contributed by atoms with E-state index >= 15 is 0 Å². The molecule has 0 atom stereocenters. The highest BCUT2D eigenvalue weighted by Gasteiger charge is 2.24. The molecule has 0 saturated heterocycles. The molecule has 1 saturated carbocycles. The quantitative estimate of drug-likeness (QED) is 0.480. The average Bonchev–Trinajstić information content (AvgIpc) is 2.41. The van der Waals surface area contributed by atoms with Crippen molar-refractivity contribution in [3.63, 3.8) is 0 Å². The van der Waals surface area contributed by atoms with Gasteiger partial charge in [-0.3, -0.25) is 10.1 Å². The van der Waals surface area contributed by atoms with Crippen LogP contribution in [-0.2, 0) is 4.74 Å². The Labute approximate surface area is 122 Å². The van der Waals surface area contributed by atoms with Crippen LogP contribution < -0.4 is 0 Å². The van der Waals surface area contributed by atoms with Crippen LogP contribution in [0.25, 0.3) is 0 Å². The number of rotatable bonds is 3. The minimum Gasteiger partial charge on any atom is -0.459 e. The Morgan fingerprint density at radius 3 is 2.60 bits per heavy atom. The van der Waals surface area contributed by atoms with E-state index < -0.39 is 10.9 Å². The first-order valence-electron chi connectivity index (χ1n) is 6.62. The summed E-state index contributed by atoms with van der Waals surface area (Å²) >= 11 is 5.91. The Hall–Kier alpha value is -1.62. The number of hydrogen-bond donors (Lipinski definition) is 0. The molecule has 0 bridgehead atoms. The molecule has 1 aliphatic carbocycles. The van der Waals surface area contributed by atoms with Gasteiger partial charge in [0.15, 0.2) is 0 Å². The zero-order valence-electron chi connectivity index (χ0n) is 11.2. The van der Waals surface area contributed by atoms with Gasteiger partial charge in [-0.25, -0.2) is 4.79 Å². The number of hydrogen-bond acceptors (Lipinski definition) is 4. The minimum atomic E-state index is -0.585. The Morgan fingerprint density at radius 2 is 2.00 bits per heavy atom. The number of nitrogens with zero attached hydrogens (tertiary/aromatic N) is 1. The SMILES string of the molecule is CC1CCC(OC(=O)c2cc([N+](=O)[O-])ccc2Cl)CC1. The first kappa shape index (κ1) is 14.8. The van der Waals surface area contributed by atoms with E-state index in [0.29, 0.717) is 5.92 Å². The van der Waals surface area contributed by atoms with Crippen LogP contribution in [-0.4, -0.2) is 17.0 Å². The number of nitro benzene ring substituents is 1. The molecule has 0 amide bonds. The molecule has 0 heterocycles. The maximum atomic E-state index is 12.1. The van der Waals surface area contributed by atoms with E-state index in [1.807, 2.05) is 0 Å². The molecule has 0 radical (unpaired) electrons. The third-order valence-electron chi connectivity index (χ3n) is 3.62. The van der Waals surface area contributed by atoms with Crippen molar-refractivity contribution in [1.29, 1.82) is 0 Å². The maximum Gasteiger partial charge on any atom is 0.340 e. The van der Waals surface area contributed by atoms with Gasteiger partial charge in [0.2, 0.25) is 0 Å². The molecular weight excluding hydrogens is 282 g/mol. The van der Waals surface area contributed by atoms with Crippen molar-refractivity contribution in [1.82, 2.24) is 0 Å². The summed E-state index contributed by atoms with van der Waals surface area (Å²) in [7, 11) is 0. The zero-order valence-corrected chi connectivity index (χ0v) is 11.9. The number of benzene rings is 1. The molecule has 5 nitrogen and oxygen atoms in total. The van der Waals surface area contributed by atoms with Gasteiger partial charge in [-0.05, 0) is 37.7 Å². The standard InChI is InChI=1S/C14H16ClNO4/c1-9-2-5-11(6-3-9)20-14(17)12-8-10(16(18)19)4-7-13(12)15/h4,7-9,11H,2-3,5-6H2,1H3. The van der Waals surface area contributed by atoms with Crippen LogP contribution in [0, 0.1) is 16.0 Å². The maximum absolute atomic E-state index is 12.1. The van der Waals surface area contributed by atoms with Crippen molar-refractivity contribution >= 4 is 23.3 Å². The van der Waals surface area contributed by atoms with Gasteiger partial charge >= 0.3 is 5.97 Å². The summed E-state index contributed by atoms with van der Waals surface area (Å²) in [6, 6.07) is 3.77. The second kappa shape index (κ2) is 6.22. The fourth-order valence-corrected chi connectivity index (χ4v) is 2.54. The predicted molar refractivity (Wildman–Crippen MR) is 74.9 cm³/mol. The molecule has 108 valence electrons. The molecule has 1 aromatic carbocycles. The molecule has 0 aliphatic heterocycles. The fraction of sp³-hybridized carbons (Fsp3) is 0.500. The van der Waals surface area contributed by atoms with Gasteiger partial charge in [0.25, 0.3) is 5.69 Å². The summed E-state index contributed by atoms with van der Waals surface area (Å²) in [4.78, 5) is 22.2. The van der Waals surface area contributed by atoms with Gasteiger partial charge in [0.05, 0.1) is 15.5 Å². The number of halogens is 1. The molecule has 2 rings (SSSR count). The molecule has 0 N–H and O–H groups in total. The van der Waals surface area contributed by atoms with E-state index in [1.54, 1.807) is 0 Å². The summed E-state index contributed by atoms with van der Waals surface area (Å²) in [6.07, 6.45) is 3.61. The second-order valence-electron chi connectivity index (χ2n) is 5.21. The van der Waals surface area contributed by atoms with Crippen LogP contribution in [0.4, 0.5) is 5.69 Å². The third kappa shape index (κ3) is 3.48. The molecule has 0 aromatic heterocycles. The number of non-ortho nitro benzene ring substituents is 1. The van der Waals surface area contributed by atoms with E-state index in [1.165, 1.54) is 12.1 Å². The Bertz CT molecular complexity index is 524. The Balaban J connectivity index is 2.08. The number of esters is 1. The van der Waals surface area contributed by atoms with Crippen LogP contribution in [0.15, 0.2) is 18.2 Å². The molecule has 0 spiro atoms. The second-order valence-corrected chi connectivity index (χ2v) is 5.62. The van der Waals surface area contributed by atoms with E-state index in [0.717, 1.165) is 31.7 Å². The van der Waals surface area contributed by atoms with Crippen molar-refractivity contribution in [3.05, 3.63) is 38.9 Å². The van der Waals surface area contributed by atoms with Gasteiger partial charge in [-0.2, -0.15) is 0 Å². The van der Waals surface area contributed by atoms with Crippen molar-refractivity contribution in [2.45, 2.75) is 38.7 Å². The highest BCUT2D eigenvalue weighted by Crippen LogP contribution is 2.28. The van der Waals surface area contributed by atoms with E-state index in [9.17, 15) is 14.9 Å². The summed E-state index contributed by atoms with van der Waals surface area (Å²) in [5.74, 6) is 0.0737. The van der Waals surface area contributed by atoms with Crippen molar-refractivity contribution in [2.24, 2.45) is 5.92 Å².